The van der Waals surface area contributed by atoms with E-state index in [1.807, 2.05) is 13.0 Å². The number of alkyl halides is 2. The van der Waals surface area contributed by atoms with Crippen molar-refractivity contribution in [2.24, 2.45) is 0 Å². The van der Waals surface area contributed by atoms with Crippen molar-refractivity contribution in [1.82, 2.24) is 0 Å². The van der Waals surface area contributed by atoms with Crippen molar-refractivity contribution in [3.8, 4) is 0 Å². The minimum atomic E-state index is -0.633. The standard InChI is InChI=1S/C15H21Br2ClO3/c1-2-4-10(19)7-12(17)14-9-13(18)15(21-14)8-11(20)5-3-6-16/h2,4-6,10-15,19-20H,7-9H2,1H3. The summed E-state index contributed by atoms with van der Waals surface area (Å²) >= 11 is 13.0. The van der Waals surface area contributed by atoms with Crippen molar-refractivity contribution in [3.05, 3.63) is 28.9 Å². The third kappa shape index (κ3) is 7.00. The number of rotatable bonds is 7. The van der Waals surface area contributed by atoms with Crippen LogP contribution in [-0.2, 0) is 4.74 Å². The molecule has 120 valence electrons. The Morgan fingerprint density at radius 2 is 2.14 bits per heavy atom. The van der Waals surface area contributed by atoms with Gasteiger partial charge in [0.05, 0.1) is 29.8 Å². The third-order valence-corrected chi connectivity index (χ3v) is 5.01. The maximum atomic E-state index is 9.84. The molecule has 0 bridgehead atoms. The lowest BCUT2D eigenvalue weighted by atomic mass is 10.0. The Morgan fingerprint density at radius 1 is 1.43 bits per heavy atom. The van der Waals surface area contributed by atoms with Crippen molar-refractivity contribution in [2.75, 3.05) is 0 Å². The Balaban J connectivity index is 2.49. The summed E-state index contributed by atoms with van der Waals surface area (Å²) in [5.74, 6) is 0. The first kappa shape index (κ1) is 19.4. The van der Waals surface area contributed by atoms with E-state index >= 15 is 0 Å². The molecule has 0 saturated carbocycles. The van der Waals surface area contributed by atoms with Crippen LogP contribution in [0.25, 0.3) is 0 Å². The molecule has 0 aromatic carbocycles. The van der Waals surface area contributed by atoms with Gasteiger partial charge in [-0.25, -0.2) is 0 Å². The van der Waals surface area contributed by atoms with E-state index in [0.29, 0.717) is 19.3 Å². The smallest absolute Gasteiger partial charge is 0.0819 e. The number of allylic oxidation sites excluding steroid dienone is 1. The van der Waals surface area contributed by atoms with E-state index in [9.17, 15) is 10.2 Å². The Hall–Kier alpha value is 0.390. The molecule has 3 nitrogen and oxygen atoms in total. The van der Waals surface area contributed by atoms with Crippen molar-refractivity contribution < 1.29 is 14.9 Å². The van der Waals surface area contributed by atoms with Crippen LogP contribution in [0.2, 0.25) is 0 Å². The molecule has 2 N–H and O–H groups in total. The SMILES string of the molecule is CC=CC(O)CC(Br)C1CC(Cl)C(CC(O)C=C=CBr)O1. The molecule has 1 rings (SSSR count). The van der Waals surface area contributed by atoms with Crippen LogP contribution in [0, 0.1) is 0 Å². The molecule has 0 amide bonds. The van der Waals surface area contributed by atoms with Gasteiger partial charge in [0.2, 0.25) is 0 Å². The summed E-state index contributed by atoms with van der Waals surface area (Å²) in [5.41, 5.74) is 2.78. The number of ether oxygens (including phenoxy) is 1. The minimum absolute atomic E-state index is 0.0325. The summed E-state index contributed by atoms with van der Waals surface area (Å²) in [6.45, 7) is 1.87. The number of hydrogen-bond donors (Lipinski definition) is 2. The van der Waals surface area contributed by atoms with Crippen molar-refractivity contribution in [3.63, 3.8) is 0 Å². The zero-order chi connectivity index (χ0) is 15.8. The Labute approximate surface area is 148 Å². The van der Waals surface area contributed by atoms with Crippen molar-refractivity contribution >= 4 is 43.5 Å². The summed E-state index contributed by atoms with van der Waals surface area (Å²) < 4.78 is 5.92. The lowest BCUT2D eigenvalue weighted by Gasteiger charge is -2.20. The second-order valence-electron chi connectivity index (χ2n) is 5.06. The van der Waals surface area contributed by atoms with E-state index in [2.05, 4.69) is 37.6 Å². The molecule has 6 unspecified atom stereocenters. The van der Waals surface area contributed by atoms with Gasteiger partial charge in [0.25, 0.3) is 0 Å². The summed E-state index contributed by atoms with van der Waals surface area (Å²) in [6, 6.07) is 0. The Morgan fingerprint density at radius 3 is 2.76 bits per heavy atom. The van der Waals surface area contributed by atoms with Gasteiger partial charge >= 0.3 is 0 Å². The van der Waals surface area contributed by atoms with Crippen molar-refractivity contribution in [1.29, 1.82) is 0 Å². The molecule has 0 aromatic rings. The molecule has 1 aliphatic rings. The summed E-state index contributed by atoms with van der Waals surface area (Å²) in [5, 5.41) is 19.5. The van der Waals surface area contributed by atoms with Crippen LogP contribution in [0.3, 0.4) is 0 Å². The van der Waals surface area contributed by atoms with Gasteiger partial charge in [-0.3, -0.25) is 0 Å². The van der Waals surface area contributed by atoms with E-state index in [1.165, 1.54) is 0 Å². The van der Waals surface area contributed by atoms with E-state index in [-0.39, 0.29) is 22.4 Å². The fourth-order valence-corrected chi connectivity index (χ4v) is 3.53. The Bertz CT molecular complexity index is 396. The first-order valence-corrected chi connectivity index (χ1v) is 9.18. The van der Waals surface area contributed by atoms with Crippen LogP contribution in [0.5, 0.6) is 0 Å². The molecular weight excluding hydrogens is 423 g/mol. The molecule has 1 aliphatic heterocycles. The van der Waals surface area contributed by atoms with E-state index < -0.39 is 12.2 Å². The molecule has 0 aliphatic carbocycles. The van der Waals surface area contributed by atoms with Gasteiger partial charge in [-0.05, 0) is 25.8 Å². The molecule has 0 radical (unpaired) electrons. The number of aliphatic hydroxyl groups is 2. The molecule has 1 saturated heterocycles. The third-order valence-electron chi connectivity index (χ3n) is 3.32. The summed E-state index contributed by atoms with van der Waals surface area (Å²) in [7, 11) is 0. The van der Waals surface area contributed by atoms with Gasteiger partial charge in [0, 0.05) is 16.2 Å². The largest absolute Gasteiger partial charge is 0.389 e. The maximum absolute atomic E-state index is 9.84. The van der Waals surface area contributed by atoms with Gasteiger partial charge in [0.15, 0.2) is 0 Å². The van der Waals surface area contributed by atoms with Gasteiger partial charge in [-0.2, -0.15) is 0 Å². The second kappa shape index (κ2) is 10.2. The Kier molecular flexibility index (Phi) is 9.46. The highest BCUT2D eigenvalue weighted by atomic mass is 79.9. The van der Waals surface area contributed by atoms with Gasteiger partial charge in [-0.1, -0.05) is 44.0 Å². The molecule has 6 atom stereocenters. The van der Waals surface area contributed by atoms with Crippen LogP contribution in [0.15, 0.2) is 28.9 Å². The number of hydrogen-bond acceptors (Lipinski definition) is 3. The van der Waals surface area contributed by atoms with Crippen LogP contribution in [0.1, 0.15) is 26.2 Å². The molecule has 21 heavy (non-hydrogen) atoms. The van der Waals surface area contributed by atoms with Crippen molar-refractivity contribution in [2.45, 2.75) is 60.8 Å². The van der Waals surface area contributed by atoms with Gasteiger partial charge in [0.1, 0.15) is 0 Å². The number of aliphatic hydroxyl groups excluding tert-OH is 2. The first-order chi connectivity index (χ1) is 9.97. The zero-order valence-corrected chi connectivity index (χ0v) is 15.8. The second-order valence-corrected chi connectivity index (χ2v) is 7.25. The van der Waals surface area contributed by atoms with Gasteiger partial charge in [-0.15, -0.1) is 17.3 Å². The predicted molar refractivity (Wildman–Crippen MR) is 93.3 cm³/mol. The van der Waals surface area contributed by atoms with Crippen LogP contribution >= 0.6 is 43.5 Å². The van der Waals surface area contributed by atoms with Gasteiger partial charge < -0.3 is 14.9 Å². The van der Waals surface area contributed by atoms with Crippen LogP contribution in [0.4, 0.5) is 0 Å². The van der Waals surface area contributed by atoms with E-state index in [1.54, 1.807) is 17.1 Å². The zero-order valence-electron chi connectivity index (χ0n) is 11.8. The minimum Gasteiger partial charge on any atom is -0.389 e. The quantitative estimate of drug-likeness (QED) is 0.358. The van der Waals surface area contributed by atoms with Crippen LogP contribution in [-0.4, -0.2) is 44.8 Å². The fourth-order valence-electron chi connectivity index (χ4n) is 2.31. The molecule has 0 aromatic heterocycles. The first-order valence-electron chi connectivity index (χ1n) is 6.91. The highest BCUT2D eigenvalue weighted by Gasteiger charge is 2.38. The lowest BCUT2D eigenvalue weighted by Crippen LogP contribution is -2.26. The monoisotopic (exact) mass is 442 g/mol. The normalized spacial score (nSPS) is 29.9. The highest BCUT2D eigenvalue weighted by Crippen LogP contribution is 2.33. The average molecular weight is 445 g/mol. The fraction of sp³-hybridized carbons (Fsp3) is 0.667. The summed E-state index contributed by atoms with van der Waals surface area (Å²) in [4.78, 5) is 1.59. The molecule has 0 spiro atoms. The maximum Gasteiger partial charge on any atom is 0.0819 e. The molecule has 1 fully saturated rings. The summed E-state index contributed by atoms with van der Waals surface area (Å²) in [6.07, 6.45) is 5.48. The topological polar surface area (TPSA) is 49.7 Å². The van der Waals surface area contributed by atoms with E-state index in [0.717, 1.165) is 0 Å². The molecular formula is C15H21Br2ClO3. The highest BCUT2D eigenvalue weighted by molar-refractivity contribution is 9.11. The molecule has 6 heteroatoms. The lowest BCUT2D eigenvalue weighted by molar-refractivity contribution is 0.0175. The number of halogens is 3. The predicted octanol–water partition coefficient (Wildman–Crippen LogP) is 3.66. The molecule has 1 heterocycles. The van der Waals surface area contributed by atoms with Crippen LogP contribution < -0.4 is 0 Å². The average Bonchev–Trinajstić information content (AvgIpc) is 2.78. The van der Waals surface area contributed by atoms with E-state index in [4.69, 9.17) is 16.3 Å².